The van der Waals surface area contributed by atoms with E-state index in [2.05, 4.69) is 20.9 Å². The van der Waals surface area contributed by atoms with Crippen molar-refractivity contribution in [3.05, 3.63) is 28.5 Å². The number of amides is 1. The molecule has 1 aromatic rings. The second kappa shape index (κ2) is 4.97. The molecule has 0 spiro atoms. The molecule has 0 radical (unpaired) electrons. The Morgan fingerprint density at radius 3 is 2.78 bits per heavy atom. The number of sulfone groups is 1. The zero-order chi connectivity index (χ0) is 13.3. The van der Waals surface area contributed by atoms with Crippen molar-refractivity contribution in [3.63, 3.8) is 0 Å². The average Bonchev–Trinajstić information content (AvgIpc) is 2.68. The van der Waals surface area contributed by atoms with E-state index in [0.717, 1.165) is 4.47 Å². The van der Waals surface area contributed by atoms with Crippen LogP contribution in [0.3, 0.4) is 0 Å². The van der Waals surface area contributed by atoms with Gasteiger partial charge in [-0.05, 0) is 28.4 Å². The lowest BCUT2D eigenvalue weighted by molar-refractivity contribution is 0.0747. The van der Waals surface area contributed by atoms with Gasteiger partial charge in [0.1, 0.15) is 0 Å². The summed E-state index contributed by atoms with van der Waals surface area (Å²) in [6.45, 7) is 0. The summed E-state index contributed by atoms with van der Waals surface area (Å²) in [5, 5.41) is 0. The van der Waals surface area contributed by atoms with E-state index in [1.165, 1.54) is 11.1 Å². The summed E-state index contributed by atoms with van der Waals surface area (Å²) in [5.41, 5.74) is 0.455. The molecule has 0 aromatic carbocycles. The molecule has 0 bridgehead atoms. The molecule has 1 saturated heterocycles. The number of nitrogens with zero attached hydrogens (tertiary/aromatic N) is 2. The zero-order valence-corrected chi connectivity index (χ0v) is 12.2. The topological polar surface area (TPSA) is 67.3 Å². The van der Waals surface area contributed by atoms with Crippen LogP contribution in [0.2, 0.25) is 0 Å². The van der Waals surface area contributed by atoms with Crippen molar-refractivity contribution in [3.8, 4) is 0 Å². The fourth-order valence-electron chi connectivity index (χ4n) is 1.98. The van der Waals surface area contributed by atoms with Crippen LogP contribution in [0.1, 0.15) is 16.8 Å². The van der Waals surface area contributed by atoms with Crippen LogP contribution in [0, 0.1) is 0 Å². The number of halogens is 1. The first-order valence-corrected chi connectivity index (χ1v) is 8.08. The molecule has 0 saturated carbocycles. The Balaban J connectivity index is 2.15. The van der Waals surface area contributed by atoms with Crippen LogP contribution in [0.25, 0.3) is 0 Å². The van der Waals surface area contributed by atoms with E-state index in [1.54, 1.807) is 19.3 Å². The predicted molar refractivity (Wildman–Crippen MR) is 71.1 cm³/mol. The molecule has 0 aliphatic carbocycles. The van der Waals surface area contributed by atoms with Gasteiger partial charge in [0.2, 0.25) is 0 Å². The molecule has 1 unspecified atom stereocenters. The molecule has 1 aromatic heterocycles. The van der Waals surface area contributed by atoms with Crippen LogP contribution in [-0.4, -0.2) is 48.8 Å². The maximum atomic E-state index is 12.2. The van der Waals surface area contributed by atoms with E-state index in [4.69, 9.17) is 0 Å². The first-order valence-electron chi connectivity index (χ1n) is 5.47. The highest BCUT2D eigenvalue weighted by molar-refractivity contribution is 9.10. The predicted octanol–water partition coefficient (Wildman–Crippen LogP) is 1.10. The van der Waals surface area contributed by atoms with Gasteiger partial charge in [0.05, 0.1) is 17.1 Å². The molecular formula is C11H13BrN2O3S. The zero-order valence-electron chi connectivity index (χ0n) is 9.84. The second-order valence-corrected chi connectivity index (χ2v) is 7.51. The van der Waals surface area contributed by atoms with E-state index in [0.29, 0.717) is 12.0 Å². The van der Waals surface area contributed by atoms with E-state index in [9.17, 15) is 13.2 Å². The standard InChI is InChI=1S/C11H13BrN2O3S/c1-14(10-2-3-18(16,17)7-10)11(15)8-4-9(12)6-13-5-8/h4-6,10H,2-3,7H2,1H3. The minimum absolute atomic E-state index is 0.0523. The number of carbonyl (C=O) groups excluding carboxylic acids is 1. The van der Waals surface area contributed by atoms with Crippen molar-refractivity contribution in [1.82, 2.24) is 9.88 Å². The van der Waals surface area contributed by atoms with Crippen LogP contribution in [0.5, 0.6) is 0 Å². The van der Waals surface area contributed by atoms with Gasteiger partial charge in [0.15, 0.2) is 9.84 Å². The lowest BCUT2D eigenvalue weighted by atomic mass is 10.2. The molecule has 1 amide bonds. The summed E-state index contributed by atoms with van der Waals surface area (Å²) >= 11 is 3.25. The van der Waals surface area contributed by atoms with Crippen LogP contribution < -0.4 is 0 Å². The number of pyridine rings is 1. The van der Waals surface area contributed by atoms with Crippen LogP contribution >= 0.6 is 15.9 Å². The Kier molecular flexibility index (Phi) is 3.72. The molecular weight excluding hydrogens is 320 g/mol. The number of carbonyl (C=O) groups is 1. The molecule has 1 fully saturated rings. The van der Waals surface area contributed by atoms with Crippen LogP contribution in [0.4, 0.5) is 0 Å². The van der Waals surface area contributed by atoms with Crippen molar-refractivity contribution in [2.75, 3.05) is 18.6 Å². The van der Waals surface area contributed by atoms with Crippen molar-refractivity contribution in [2.45, 2.75) is 12.5 Å². The maximum absolute atomic E-state index is 12.2. The van der Waals surface area contributed by atoms with Crippen molar-refractivity contribution < 1.29 is 13.2 Å². The average molecular weight is 333 g/mol. The first-order chi connectivity index (χ1) is 8.39. The molecule has 7 heteroatoms. The van der Waals surface area contributed by atoms with Gasteiger partial charge < -0.3 is 4.90 Å². The Morgan fingerprint density at radius 1 is 1.50 bits per heavy atom. The molecule has 18 heavy (non-hydrogen) atoms. The highest BCUT2D eigenvalue weighted by Crippen LogP contribution is 2.19. The summed E-state index contributed by atoms with van der Waals surface area (Å²) in [6.07, 6.45) is 3.58. The summed E-state index contributed by atoms with van der Waals surface area (Å²) in [7, 11) is -1.35. The minimum Gasteiger partial charge on any atom is -0.338 e. The van der Waals surface area contributed by atoms with Gasteiger partial charge in [-0.3, -0.25) is 9.78 Å². The monoisotopic (exact) mass is 332 g/mol. The van der Waals surface area contributed by atoms with E-state index in [-0.39, 0.29) is 23.5 Å². The molecule has 0 N–H and O–H groups in total. The lowest BCUT2D eigenvalue weighted by Crippen LogP contribution is -2.37. The Morgan fingerprint density at radius 2 is 2.22 bits per heavy atom. The van der Waals surface area contributed by atoms with E-state index in [1.807, 2.05) is 0 Å². The molecule has 2 heterocycles. The first kappa shape index (κ1) is 13.5. The largest absolute Gasteiger partial charge is 0.338 e. The fourth-order valence-corrected chi connectivity index (χ4v) is 4.12. The normalized spacial score (nSPS) is 21.8. The fraction of sp³-hybridized carbons (Fsp3) is 0.455. The summed E-state index contributed by atoms with van der Waals surface area (Å²) in [5.74, 6) is 0.00813. The SMILES string of the molecule is CN(C(=O)c1cncc(Br)c1)C1CCS(=O)(=O)C1. The van der Waals surface area contributed by atoms with Gasteiger partial charge in [-0.2, -0.15) is 0 Å². The van der Waals surface area contributed by atoms with Gasteiger partial charge in [0, 0.05) is 30.0 Å². The summed E-state index contributed by atoms with van der Waals surface area (Å²) < 4.78 is 23.5. The van der Waals surface area contributed by atoms with Gasteiger partial charge in [-0.15, -0.1) is 0 Å². The number of rotatable bonds is 2. The quantitative estimate of drug-likeness (QED) is 0.813. The number of aromatic nitrogens is 1. The van der Waals surface area contributed by atoms with Gasteiger partial charge in [-0.25, -0.2) is 8.42 Å². The van der Waals surface area contributed by atoms with Gasteiger partial charge in [0.25, 0.3) is 5.91 Å². The molecule has 98 valence electrons. The third kappa shape index (κ3) is 2.89. The molecule has 5 nitrogen and oxygen atoms in total. The van der Waals surface area contributed by atoms with Crippen molar-refractivity contribution >= 4 is 31.7 Å². The smallest absolute Gasteiger partial charge is 0.255 e. The third-order valence-electron chi connectivity index (χ3n) is 3.03. The summed E-state index contributed by atoms with van der Waals surface area (Å²) in [4.78, 5) is 17.6. The second-order valence-electron chi connectivity index (χ2n) is 4.36. The Hall–Kier alpha value is -0.950. The molecule has 1 aliphatic heterocycles. The highest BCUT2D eigenvalue weighted by atomic mass is 79.9. The van der Waals surface area contributed by atoms with Gasteiger partial charge in [-0.1, -0.05) is 0 Å². The summed E-state index contributed by atoms with van der Waals surface area (Å²) in [6, 6.07) is 1.44. The van der Waals surface area contributed by atoms with Crippen molar-refractivity contribution in [2.24, 2.45) is 0 Å². The van der Waals surface area contributed by atoms with Crippen molar-refractivity contribution in [1.29, 1.82) is 0 Å². The molecule has 1 atom stereocenters. The lowest BCUT2D eigenvalue weighted by Gasteiger charge is -2.23. The van der Waals surface area contributed by atoms with Crippen LogP contribution in [-0.2, 0) is 9.84 Å². The van der Waals surface area contributed by atoms with E-state index < -0.39 is 9.84 Å². The maximum Gasteiger partial charge on any atom is 0.255 e. The number of hydrogen-bond acceptors (Lipinski definition) is 4. The minimum atomic E-state index is -2.98. The van der Waals surface area contributed by atoms with Gasteiger partial charge >= 0.3 is 0 Å². The molecule has 1 aliphatic rings. The Bertz CT molecular complexity index is 573. The Labute approximate surface area is 114 Å². The molecule has 2 rings (SSSR count). The van der Waals surface area contributed by atoms with Crippen LogP contribution in [0.15, 0.2) is 22.9 Å². The number of hydrogen-bond donors (Lipinski definition) is 0. The highest BCUT2D eigenvalue weighted by Gasteiger charge is 2.33. The van der Waals surface area contributed by atoms with E-state index >= 15 is 0 Å². The third-order valence-corrected chi connectivity index (χ3v) is 5.21.